The average Bonchev–Trinajstić information content (AvgIpc) is 2.64. The van der Waals surface area contributed by atoms with Crippen molar-refractivity contribution in [3.63, 3.8) is 0 Å². The third kappa shape index (κ3) is 6.19. The number of carbonyl (C=O) groups excluding carboxylic acids is 4. The molecule has 0 saturated carbocycles. The van der Waals surface area contributed by atoms with Gasteiger partial charge in [0, 0.05) is 0 Å². The SMILES string of the molecule is O=C1OCCCCOC(=O)c2ccc1cc2.O=C1OCCCCOC1=O. The van der Waals surface area contributed by atoms with Crippen molar-refractivity contribution in [1.82, 2.24) is 0 Å². The maximum absolute atomic E-state index is 11.5. The van der Waals surface area contributed by atoms with Crippen LogP contribution in [-0.2, 0) is 28.5 Å². The second-order valence-electron chi connectivity index (χ2n) is 5.54. The van der Waals surface area contributed by atoms with Gasteiger partial charge in [-0.25, -0.2) is 19.2 Å². The highest BCUT2D eigenvalue weighted by molar-refractivity contribution is 6.29. The number of carbonyl (C=O) groups is 4. The van der Waals surface area contributed by atoms with Crippen molar-refractivity contribution in [3.8, 4) is 0 Å². The molecule has 0 aliphatic carbocycles. The lowest BCUT2D eigenvalue weighted by atomic mass is 10.1. The lowest BCUT2D eigenvalue weighted by Gasteiger charge is -2.09. The Morgan fingerprint density at radius 1 is 0.462 bits per heavy atom. The normalized spacial score (nSPS) is 18.3. The van der Waals surface area contributed by atoms with Crippen LogP contribution in [0.5, 0.6) is 0 Å². The monoisotopic (exact) mass is 364 g/mol. The van der Waals surface area contributed by atoms with Gasteiger partial charge in [0.2, 0.25) is 0 Å². The molecule has 3 aliphatic heterocycles. The van der Waals surface area contributed by atoms with E-state index in [-0.39, 0.29) is 11.9 Å². The number of rotatable bonds is 0. The molecule has 0 amide bonds. The van der Waals surface area contributed by atoms with E-state index in [0.29, 0.717) is 50.4 Å². The van der Waals surface area contributed by atoms with Gasteiger partial charge in [0.15, 0.2) is 0 Å². The summed E-state index contributed by atoms with van der Waals surface area (Å²) < 4.78 is 19.0. The molecule has 1 aromatic carbocycles. The van der Waals surface area contributed by atoms with E-state index in [2.05, 4.69) is 9.47 Å². The van der Waals surface area contributed by atoms with Crippen LogP contribution in [0.25, 0.3) is 0 Å². The van der Waals surface area contributed by atoms with Crippen molar-refractivity contribution in [1.29, 1.82) is 0 Å². The molecule has 26 heavy (non-hydrogen) atoms. The van der Waals surface area contributed by atoms with E-state index in [4.69, 9.17) is 9.47 Å². The molecule has 1 fully saturated rings. The first-order valence-electron chi connectivity index (χ1n) is 8.36. The molecule has 0 radical (unpaired) electrons. The molecule has 140 valence electrons. The van der Waals surface area contributed by atoms with Gasteiger partial charge in [0.1, 0.15) is 0 Å². The maximum Gasteiger partial charge on any atom is 0.417 e. The lowest BCUT2D eigenvalue weighted by Crippen LogP contribution is -2.23. The first kappa shape index (κ1) is 19.4. The van der Waals surface area contributed by atoms with Gasteiger partial charge >= 0.3 is 23.9 Å². The van der Waals surface area contributed by atoms with Gasteiger partial charge in [-0.2, -0.15) is 0 Å². The summed E-state index contributed by atoms with van der Waals surface area (Å²) in [6, 6.07) is 6.28. The number of ether oxygens (including phenoxy) is 4. The molecule has 3 aliphatic rings. The largest absolute Gasteiger partial charge is 0.462 e. The summed E-state index contributed by atoms with van der Waals surface area (Å²) in [5.41, 5.74) is 0.911. The Labute approximate surface area is 150 Å². The number of benzene rings is 1. The number of hydrogen-bond acceptors (Lipinski definition) is 8. The number of esters is 4. The fourth-order valence-corrected chi connectivity index (χ4v) is 2.09. The fraction of sp³-hybridized carbons (Fsp3) is 0.444. The van der Waals surface area contributed by atoms with Crippen LogP contribution in [0.3, 0.4) is 0 Å². The Balaban J connectivity index is 0.000000209. The predicted octanol–water partition coefficient (Wildman–Crippen LogP) is 1.66. The smallest absolute Gasteiger partial charge is 0.417 e. The van der Waals surface area contributed by atoms with Gasteiger partial charge in [0.05, 0.1) is 37.6 Å². The van der Waals surface area contributed by atoms with E-state index < -0.39 is 11.9 Å². The number of cyclic esters (lactones) is 2. The van der Waals surface area contributed by atoms with Crippen molar-refractivity contribution < 1.29 is 38.1 Å². The molecular weight excluding hydrogens is 344 g/mol. The van der Waals surface area contributed by atoms with Crippen molar-refractivity contribution in [2.24, 2.45) is 0 Å². The second-order valence-corrected chi connectivity index (χ2v) is 5.54. The van der Waals surface area contributed by atoms with Crippen molar-refractivity contribution >= 4 is 23.9 Å². The van der Waals surface area contributed by atoms with Crippen LogP contribution < -0.4 is 0 Å². The van der Waals surface area contributed by atoms with Gasteiger partial charge < -0.3 is 18.9 Å². The van der Waals surface area contributed by atoms with E-state index in [9.17, 15) is 19.2 Å². The summed E-state index contributed by atoms with van der Waals surface area (Å²) >= 11 is 0. The van der Waals surface area contributed by atoms with Gasteiger partial charge in [-0.1, -0.05) is 0 Å². The number of fused-ring (bicyclic) bond motifs is 9. The predicted molar refractivity (Wildman–Crippen MR) is 87.4 cm³/mol. The highest BCUT2D eigenvalue weighted by atomic mass is 16.6. The zero-order valence-corrected chi connectivity index (χ0v) is 14.2. The Morgan fingerprint density at radius 2 is 0.731 bits per heavy atom. The summed E-state index contributed by atoms with van der Waals surface area (Å²) in [6.07, 6.45) is 2.93. The van der Waals surface area contributed by atoms with Gasteiger partial charge in [-0.05, 0) is 49.9 Å². The van der Waals surface area contributed by atoms with Crippen LogP contribution in [0, 0.1) is 0 Å². The highest BCUT2D eigenvalue weighted by Gasteiger charge is 2.18. The lowest BCUT2D eigenvalue weighted by molar-refractivity contribution is -0.169. The molecule has 8 heteroatoms. The molecule has 0 atom stereocenters. The first-order chi connectivity index (χ1) is 12.6. The molecule has 4 rings (SSSR count). The van der Waals surface area contributed by atoms with Crippen molar-refractivity contribution in [2.75, 3.05) is 26.4 Å². The Hall–Kier alpha value is -2.90. The van der Waals surface area contributed by atoms with Crippen LogP contribution in [0.4, 0.5) is 0 Å². The molecule has 0 spiro atoms. The number of hydrogen-bond donors (Lipinski definition) is 0. The zero-order valence-electron chi connectivity index (χ0n) is 14.2. The van der Waals surface area contributed by atoms with Crippen LogP contribution in [0.1, 0.15) is 46.4 Å². The molecular formula is C18H20O8. The topological polar surface area (TPSA) is 105 Å². The molecule has 8 nitrogen and oxygen atoms in total. The maximum atomic E-state index is 11.5. The minimum Gasteiger partial charge on any atom is -0.462 e. The third-order valence-corrected chi connectivity index (χ3v) is 3.53. The quantitative estimate of drug-likeness (QED) is 0.389. The van der Waals surface area contributed by atoms with Gasteiger partial charge in [-0.3, -0.25) is 0 Å². The molecule has 0 aromatic heterocycles. The second kappa shape index (κ2) is 10.2. The average molecular weight is 364 g/mol. The van der Waals surface area contributed by atoms with E-state index in [0.717, 1.165) is 12.8 Å². The summed E-state index contributed by atoms with van der Waals surface area (Å²) in [4.78, 5) is 43.9. The Morgan fingerprint density at radius 3 is 1.04 bits per heavy atom. The standard InChI is InChI=1S/C12H12O4.C6H8O4/c13-11-9-3-5-10(6-4-9)12(14)16-8-2-1-7-15-11;7-5-6(8)10-4-2-1-3-9-5/h3-6H,1-2,7-8H2;1-4H2. The molecule has 3 heterocycles. The summed E-state index contributed by atoms with van der Waals surface area (Å²) in [5.74, 6) is -2.44. The molecule has 2 bridgehead atoms. The first-order valence-corrected chi connectivity index (χ1v) is 8.36. The van der Waals surface area contributed by atoms with E-state index in [1.165, 1.54) is 0 Å². The summed E-state index contributed by atoms with van der Waals surface area (Å²) in [6.45, 7) is 1.37. The fourth-order valence-electron chi connectivity index (χ4n) is 2.09. The van der Waals surface area contributed by atoms with Crippen LogP contribution in [0.2, 0.25) is 0 Å². The van der Waals surface area contributed by atoms with E-state index in [1.807, 2.05) is 0 Å². The van der Waals surface area contributed by atoms with Crippen LogP contribution in [0.15, 0.2) is 24.3 Å². The summed E-state index contributed by atoms with van der Waals surface area (Å²) in [5, 5.41) is 0. The minimum absolute atomic E-state index is 0.327. The summed E-state index contributed by atoms with van der Waals surface area (Å²) in [7, 11) is 0. The minimum atomic E-state index is -0.875. The van der Waals surface area contributed by atoms with E-state index in [1.54, 1.807) is 24.3 Å². The van der Waals surface area contributed by atoms with Crippen molar-refractivity contribution in [3.05, 3.63) is 35.4 Å². The Kier molecular flexibility index (Phi) is 7.60. The highest BCUT2D eigenvalue weighted by Crippen LogP contribution is 2.09. The van der Waals surface area contributed by atoms with Gasteiger partial charge in [0.25, 0.3) is 0 Å². The molecule has 0 unspecified atom stereocenters. The third-order valence-electron chi connectivity index (χ3n) is 3.53. The Bertz CT molecular complexity index is 593. The zero-order chi connectivity index (χ0) is 18.8. The molecule has 0 N–H and O–H groups in total. The van der Waals surface area contributed by atoms with Crippen LogP contribution >= 0.6 is 0 Å². The molecule has 1 aromatic rings. The van der Waals surface area contributed by atoms with Crippen LogP contribution in [-0.4, -0.2) is 50.3 Å². The van der Waals surface area contributed by atoms with Gasteiger partial charge in [-0.15, -0.1) is 0 Å². The molecule has 1 saturated heterocycles. The van der Waals surface area contributed by atoms with Crippen molar-refractivity contribution in [2.45, 2.75) is 25.7 Å². The van der Waals surface area contributed by atoms with E-state index >= 15 is 0 Å².